The molecule has 0 aromatic heterocycles. The number of nitriles is 1. The van der Waals surface area contributed by atoms with Gasteiger partial charge in [0.05, 0.1) is 27.5 Å². The van der Waals surface area contributed by atoms with Crippen molar-refractivity contribution in [1.29, 1.82) is 5.26 Å². The van der Waals surface area contributed by atoms with E-state index in [9.17, 15) is 8.42 Å². The van der Waals surface area contributed by atoms with Gasteiger partial charge >= 0.3 is 0 Å². The maximum Gasteiger partial charge on any atom is 0.238 e. The molecule has 0 saturated carbocycles. The smallest absolute Gasteiger partial charge is 0.238 e. The molecule has 8 heteroatoms. The van der Waals surface area contributed by atoms with E-state index in [1.165, 1.54) is 18.2 Å². The average Bonchev–Trinajstić information content (AvgIpc) is 2.41. The van der Waals surface area contributed by atoms with Crippen LogP contribution in [-0.4, -0.2) is 8.42 Å². The van der Waals surface area contributed by atoms with Gasteiger partial charge in [-0.15, -0.1) is 0 Å². The highest BCUT2D eigenvalue weighted by Gasteiger charge is 2.11. The molecule has 108 valence electrons. The van der Waals surface area contributed by atoms with Crippen LogP contribution in [0.1, 0.15) is 5.56 Å². The summed E-state index contributed by atoms with van der Waals surface area (Å²) in [6.45, 7) is 0. The minimum Gasteiger partial charge on any atom is -0.397 e. The van der Waals surface area contributed by atoms with E-state index in [4.69, 9.17) is 16.1 Å². The molecular weight excluding hydrogens is 356 g/mol. The van der Waals surface area contributed by atoms with Gasteiger partial charge in [0.1, 0.15) is 6.07 Å². The van der Waals surface area contributed by atoms with Crippen LogP contribution in [0.5, 0.6) is 0 Å². The van der Waals surface area contributed by atoms with Crippen LogP contribution >= 0.6 is 15.9 Å². The van der Waals surface area contributed by atoms with E-state index in [-0.39, 0.29) is 4.90 Å². The van der Waals surface area contributed by atoms with Crippen molar-refractivity contribution >= 4 is 43.0 Å². The SMILES string of the molecule is N#Cc1cc(Br)ccc1Nc1cc(S(N)(=O)=O)ccc1N. The van der Waals surface area contributed by atoms with Crippen molar-refractivity contribution in [3.63, 3.8) is 0 Å². The van der Waals surface area contributed by atoms with Gasteiger partial charge < -0.3 is 11.1 Å². The number of sulfonamides is 1. The minimum atomic E-state index is -3.82. The standard InChI is InChI=1S/C13H11BrN4O2S/c14-9-1-4-12(8(5-9)7-15)18-13-6-10(21(17,19)20)2-3-11(13)16/h1-6,18H,16H2,(H2,17,19,20). The molecule has 0 heterocycles. The molecule has 0 bridgehead atoms. The van der Waals surface area contributed by atoms with E-state index in [0.717, 1.165) is 4.47 Å². The summed E-state index contributed by atoms with van der Waals surface area (Å²) in [6, 6.07) is 11.2. The van der Waals surface area contributed by atoms with E-state index in [2.05, 4.69) is 21.2 Å². The fourth-order valence-electron chi connectivity index (χ4n) is 1.68. The van der Waals surface area contributed by atoms with Crippen molar-refractivity contribution in [2.45, 2.75) is 4.90 Å². The van der Waals surface area contributed by atoms with Crippen molar-refractivity contribution in [1.82, 2.24) is 0 Å². The Morgan fingerprint density at radius 2 is 1.86 bits per heavy atom. The van der Waals surface area contributed by atoms with Crippen molar-refractivity contribution in [3.8, 4) is 6.07 Å². The lowest BCUT2D eigenvalue weighted by Gasteiger charge is -2.12. The highest BCUT2D eigenvalue weighted by molar-refractivity contribution is 9.10. The molecule has 0 radical (unpaired) electrons. The largest absolute Gasteiger partial charge is 0.397 e. The van der Waals surface area contributed by atoms with E-state index in [0.29, 0.717) is 22.6 Å². The molecule has 0 saturated heterocycles. The predicted molar refractivity (Wildman–Crippen MR) is 84.4 cm³/mol. The van der Waals surface area contributed by atoms with Gasteiger partial charge in [0.15, 0.2) is 0 Å². The second-order valence-electron chi connectivity index (χ2n) is 4.22. The third-order valence-electron chi connectivity index (χ3n) is 2.72. The zero-order chi connectivity index (χ0) is 15.6. The number of hydrogen-bond donors (Lipinski definition) is 3. The summed E-state index contributed by atoms with van der Waals surface area (Å²) < 4.78 is 23.5. The number of hydrogen-bond acceptors (Lipinski definition) is 5. The molecule has 0 spiro atoms. The minimum absolute atomic E-state index is 0.0604. The summed E-state index contributed by atoms with van der Waals surface area (Å²) in [7, 11) is -3.82. The van der Waals surface area contributed by atoms with Crippen molar-refractivity contribution in [2.24, 2.45) is 5.14 Å². The molecule has 0 amide bonds. The van der Waals surface area contributed by atoms with Gasteiger partial charge in [-0.05, 0) is 36.4 Å². The molecule has 0 atom stereocenters. The molecule has 5 N–H and O–H groups in total. The van der Waals surface area contributed by atoms with E-state index in [1.54, 1.807) is 18.2 Å². The summed E-state index contributed by atoms with van der Waals surface area (Å²) in [5.74, 6) is 0. The average molecular weight is 367 g/mol. The van der Waals surface area contributed by atoms with Crippen LogP contribution < -0.4 is 16.2 Å². The van der Waals surface area contributed by atoms with Gasteiger partial charge in [0.25, 0.3) is 0 Å². The summed E-state index contributed by atoms with van der Waals surface area (Å²) in [4.78, 5) is -0.0604. The number of nitrogens with two attached hydrogens (primary N) is 2. The van der Waals surface area contributed by atoms with Crippen LogP contribution in [-0.2, 0) is 10.0 Å². The molecule has 2 aromatic carbocycles. The number of nitrogen functional groups attached to an aromatic ring is 1. The van der Waals surface area contributed by atoms with Gasteiger partial charge in [-0.25, -0.2) is 13.6 Å². The number of rotatable bonds is 3. The molecule has 0 unspecified atom stereocenters. The normalized spacial score (nSPS) is 10.9. The highest BCUT2D eigenvalue weighted by Crippen LogP contribution is 2.28. The zero-order valence-electron chi connectivity index (χ0n) is 10.7. The second kappa shape index (κ2) is 5.73. The molecule has 0 aliphatic heterocycles. The van der Waals surface area contributed by atoms with Gasteiger partial charge in [-0.3, -0.25) is 0 Å². The first-order chi connectivity index (χ1) is 9.81. The number of anilines is 3. The Morgan fingerprint density at radius 1 is 1.14 bits per heavy atom. The van der Waals surface area contributed by atoms with E-state index < -0.39 is 10.0 Å². The molecule has 2 rings (SSSR count). The lowest BCUT2D eigenvalue weighted by molar-refractivity contribution is 0.598. The quantitative estimate of drug-likeness (QED) is 0.719. The number of halogens is 1. The van der Waals surface area contributed by atoms with Crippen LogP contribution in [0.4, 0.5) is 17.1 Å². The summed E-state index contributed by atoms with van der Waals surface area (Å²) in [6.07, 6.45) is 0. The number of primary sulfonamides is 1. The van der Waals surface area contributed by atoms with Crippen molar-refractivity contribution in [2.75, 3.05) is 11.1 Å². The van der Waals surface area contributed by atoms with Crippen molar-refractivity contribution < 1.29 is 8.42 Å². The first-order valence-electron chi connectivity index (χ1n) is 5.70. The Balaban J connectivity index is 2.47. The zero-order valence-corrected chi connectivity index (χ0v) is 13.1. The van der Waals surface area contributed by atoms with Crippen LogP contribution in [0.2, 0.25) is 0 Å². The topological polar surface area (TPSA) is 122 Å². The van der Waals surface area contributed by atoms with Crippen molar-refractivity contribution in [3.05, 3.63) is 46.4 Å². The number of nitrogens with one attached hydrogen (secondary N) is 1. The van der Waals surface area contributed by atoms with Crippen LogP contribution in [0.15, 0.2) is 45.8 Å². The molecule has 0 aliphatic carbocycles. The second-order valence-corrected chi connectivity index (χ2v) is 6.70. The lowest BCUT2D eigenvalue weighted by atomic mass is 10.2. The third-order valence-corrected chi connectivity index (χ3v) is 4.13. The van der Waals surface area contributed by atoms with Crippen LogP contribution in [0, 0.1) is 11.3 Å². The molecule has 0 aliphatic rings. The van der Waals surface area contributed by atoms with Crippen LogP contribution in [0.3, 0.4) is 0 Å². The molecular formula is C13H11BrN4O2S. The first kappa shape index (κ1) is 15.3. The third kappa shape index (κ3) is 3.52. The fourth-order valence-corrected chi connectivity index (χ4v) is 2.58. The van der Waals surface area contributed by atoms with Gasteiger partial charge in [-0.2, -0.15) is 5.26 Å². The van der Waals surface area contributed by atoms with E-state index in [1.807, 2.05) is 6.07 Å². The Morgan fingerprint density at radius 3 is 2.48 bits per heavy atom. The Kier molecular flexibility index (Phi) is 4.18. The molecule has 0 fully saturated rings. The number of benzene rings is 2. The summed E-state index contributed by atoms with van der Waals surface area (Å²) >= 11 is 3.28. The monoisotopic (exact) mass is 366 g/mol. The maximum atomic E-state index is 11.4. The maximum absolute atomic E-state index is 11.4. The van der Waals surface area contributed by atoms with Crippen LogP contribution in [0.25, 0.3) is 0 Å². The van der Waals surface area contributed by atoms with Gasteiger partial charge in [-0.1, -0.05) is 15.9 Å². The summed E-state index contributed by atoms with van der Waals surface area (Å²) in [5.41, 5.74) is 7.42. The fraction of sp³-hybridized carbons (Fsp3) is 0. The Labute approximate surface area is 130 Å². The predicted octanol–water partition coefficient (Wildman–Crippen LogP) is 2.29. The molecule has 2 aromatic rings. The Bertz CT molecular complexity index is 844. The van der Waals surface area contributed by atoms with E-state index >= 15 is 0 Å². The lowest BCUT2D eigenvalue weighted by Crippen LogP contribution is -2.12. The highest BCUT2D eigenvalue weighted by atomic mass is 79.9. The first-order valence-corrected chi connectivity index (χ1v) is 8.04. The van der Waals surface area contributed by atoms with Gasteiger partial charge in [0.2, 0.25) is 10.0 Å². The Hall–Kier alpha value is -2.08. The van der Waals surface area contributed by atoms with Gasteiger partial charge in [0, 0.05) is 4.47 Å². The molecule has 6 nitrogen and oxygen atoms in total. The number of nitrogens with zero attached hydrogens (tertiary/aromatic N) is 1. The molecule has 21 heavy (non-hydrogen) atoms. The summed E-state index contributed by atoms with van der Waals surface area (Å²) in [5, 5.41) is 17.1.